The first kappa shape index (κ1) is 14.6. The fourth-order valence-corrected chi connectivity index (χ4v) is 2.13. The van der Waals surface area contributed by atoms with Crippen molar-refractivity contribution >= 4 is 0 Å². The van der Waals surface area contributed by atoms with E-state index in [2.05, 4.69) is 5.10 Å². The zero-order valence-electron chi connectivity index (χ0n) is 12.0. The lowest BCUT2D eigenvalue weighted by molar-refractivity contribution is 0.142. The average Bonchev–Trinajstić information content (AvgIpc) is 2.78. The summed E-state index contributed by atoms with van der Waals surface area (Å²) < 4.78 is 12.3. The van der Waals surface area contributed by atoms with Gasteiger partial charge in [0.15, 0.2) is 0 Å². The SMILES string of the molecule is COCCOc1ccccc1C(O)c1cn(C)nc1C. The van der Waals surface area contributed by atoms with Gasteiger partial charge in [-0.25, -0.2) is 0 Å². The van der Waals surface area contributed by atoms with E-state index in [9.17, 15) is 5.11 Å². The molecule has 1 heterocycles. The van der Waals surface area contributed by atoms with Crippen LogP contribution in [0, 0.1) is 6.92 Å². The van der Waals surface area contributed by atoms with Crippen LogP contribution < -0.4 is 4.74 Å². The van der Waals surface area contributed by atoms with Crippen LogP contribution in [0.2, 0.25) is 0 Å². The summed E-state index contributed by atoms with van der Waals surface area (Å²) in [5, 5.41) is 14.8. The van der Waals surface area contributed by atoms with Gasteiger partial charge in [0.05, 0.1) is 12.3 Å². The van der Waals surface area contributed by atoms with Gasteiger partial charge in [0.25, 0.3) is 0 Å². The number of aliphatic hydroxyl groups excluding tert-OH is 1. The van der Waals surface area contributed by atoms with E-state index in [-0.39, 0.29) is 0 Å². The van der Waals surface area contributed by atoms with Gasteiger partial charge < -0.3 is 14.6 Å². The van der Waals surface area contributed by atoms with Gasteiger partial charge in [0, 0.05) is 31.5 Å². The van der Waals surface area contributed by atoms with Crippen LogP contribution >= 0.6 is 0 Å². The van der Waals surface area contributed by atoms with Crippen LogP contribution in [-0.4, -0.2) is 35.2 Å². The summed E-state index contributed by atoms with van der Waals surface area (Å²) in [5.74, 6) is 0.667. The number of rotatable bonds is 6. The molecule has 0 saturated carbocycles. The highest BCUT2D eigenvalue weighted by Crippen LogP contribution is 2.31. The van der Waals surface area contributed by atoms with Crippen molar-refractivity contribution in [3.8, 4) is 5.75 Å². The predicted molar refractivity (Wildman–Crippen MR) is 75.8 cm³/mol. The minimum Gasteiger partial charge on any atom is -0.491 e. The molecular weight excluding hydrogens is 256 g/mol. The first-order chi connectivity index (χ1) is 9.63. The minimum absolute atomic E-state index is 0.451. The number of ether oxygens (including phenoxy) is 2. The van der Waals surface area contributed by atoms with Crippen LogP contribution in [-0.2, 0) is 11.8 Å². The Hall–Kier alpha value is -1.85. The zero-order valence-corrected chi connectivity index (χ0v) is 12.0. The second-order valence-electron chi connectivity index (χ2n) is 4.63. The van der Waals surface area contributed by atoms with Crippen molar-refractivity contribution in [1.82, 2.24) is 9.78 Å². The standard InChI is InChI=1S/C15H20N2O3/c1-11-13(10-17(2)16-11)15(18)12-6-4-5-7-14(12)20-9-8-19-3/h4-7,10,15,18H,8-9H2,1-3H3. The Labute approximate surface area is 118 Å². The fourth-order valence-electron chi connectivity index (χ4n) is 2.13. The van der Waals surface area contributed by atoms with Crippen molar-refractivity contribution in [3.05, 3.63) is 47.3 Å². The smallest absolute Gasteiger partial charge is 0.125 e. The van der Waals surface area contributed by atoms with Gasteiger partial charge in [-0.1, -0.05) is 18.2 Å². The molecular formula is C15H20N2O3. The number of aliphatic hydroxyl groups is 1. The highest BCUT2D eigenvalue weighted by Gasteiger charge is 2.19. The Balaban J connectivity index is 2.25. The molecule has 0 bridgehead atoms. The fraction of sp³-hybridized carbons (Fsp3) is 0.400. The monoisotopic (exact) mass is 276 g/mol. The van der Waals surface area contributed by atoms with Gasteiger partial charge >= 0.3 is 0 Å². The maximum Gasteiger partial charge on any atom is 0.125 e. The summed E-state index contributed by atoms with van der Waals surface area (Å²) in [4.78, 5) is 0. The van der Waals surface area contributed by atoms with Crippen molar-refractivity contribution in [2.24, 2.45) is 7.05 Å². The zero-order chi connectivity index (χ0) is 14.5. The quantitative estimate of drug-likeness (QED) is 0.818. The van der Waals surface area contributed by atoms with Crippen molar-refractivity contribution in [2.45, 2.75) is 13.0 Å². The lowest BCUT2D eigenvalue weighted by Gasteiger charge is -2.15. The summed E-state index contributed by atoms with van der Waals surface area (Å²) in [6.07, 6.45) is 1.08. The van der Waals surface area contributed by atoms with Crippen LogP contribution in [0.4, 0.5) is 0 Å². The molecule has 0 radical (unpaired) electrons. The van der Waals surface area contributed by atoms with Gasteiger partial charge in [0.2, 0.25) is 0 Å². The van der Waals surface area contributed by atoms with Gasteiger partial charge in [-0.05, 0) is 13.0 Å². The summed E-state index contributed by atoms with van der Waals surface area (Å²) in [6.45, 7) is 2.84. The molecule has 0 aliphatic rings. The second kappa shape index (κ2) is 6.54. The van der Waals surface area contributed by atoms with E-state index in [1.165, 1.54) is 0 Å². The van der Waals surface area contributed by atoms with Crippen LogP contribution in [0.25, 0.3) is 0 Å². The van der Waals surface area contributed by atoms with Crippen molar-refractivity contribution in [2.75, 3.05) is 20.3 Å². The lowest BCUT2D eigenvalue weighted by atomic mass is 10.0. The van der Waals surface area contributed by atoms with Crippen LogP contribution in [0.3, 0.4) is 0 Å². The van der Waals surface area contributed by atoms with E-state index in [4.69, 9.17) is 9.47 Å². The number of aryl methyl sites for hydroxylation is 2. The van der Waals surface area contributed by atoms with Crippen LogP contribution in [0.1, 0.15) is 22.9 Å². The summed E-state index contributed by atoms with van der Waals surface area (Å²) in [5.41, 5.74) is 2.33. The minimum atomic E-state index is -0.748. The Morgan fingerprint density at radius 3 is 2.65 bits per heavy atom. The average molecular weight is 276 g/mol. The Bertz CT molecular complexity index is 566. The van der Waals surface area contributed by atoms with E-state index in [0.29, 0.717) is 19.0 Å². The number of nitrogens with zero attached hydrogens (tertiary/aromatic N) is 2. The molecule has 1 atom stereocenters. The molecule has 5 heteroatoms. The number of hydrogen-bond donors (Lipinski definition) is 1. The molecule has 1 N–H and O–H groups in total. The lowest BCUT2D eigenvalue weighted by Crippen LogP contribution is -2.08. The molecule has 2 rings (SSSR count). The highest BCUT2D eigenvalue weighted by molar-refractivity contribution is 5.40. The summed E-state index contributed by atoms with van der Waals surface area (Å²) in [6, 6.07) is 7.47. The Morgan fingerprint density at radius 2 is 2.00 bits per heavy atom. The summed E-state index contributed by atoms with van der Waals surface area (Å²) >= 11 is 0. The Kier molecular flexibility index (Phi) is 4.76. The van der Waals surface area contributed by atoms with E-state index in [1.54, 1.807) is 11.8 Å². The third-order valence-corrected chi connectivity index (χ3v) is 3.10. The number of para-hydroxylation sites is 1. The van der Waals surface area contributed by atoms with E-state index in [0.717, 1.165) is 16.8 Å². The highest BCUT2D eigenvalue weighted by atomic mass is 16.5. The van der Waals surface area contributed by atoms with E-state index in [1.807, 2.05) is 44.4 Å². The third kappa shape index (κ3) is 3.18. The summed E-state index contributed by atoms with van der Waals surface area (Å²) in [7, 11) is 3.47. The molecule has 1 aromatic heterocycles. The number of methoxy groups -OCH3 is 1. The first-order valence-electron chi connectivity index (χ1n) is 6.52. The second-order valence-corrected chi connectivity index (χ2v) is 4.63. The molecule has 20 heavy (non-hydrogen) atoms. The molecule has 1 unspecified atom stereocenters. The van der Waals surface area contributed by atoms with Crippen molar-refractivity contribution in [1.29, 1.82) is 0 Å². The molecule has 0 spiro atoms. The first-order valence-corrected chi connectivity index (χ1v) is 6.52. The topological polar surface area (TPSA) is 56.5 Å². The molecule has 0 aliphatic heterocycles. The van der Waals surface area contributed by atoms with Gasteiger partial charge in [0.1, 0.15) is 18.5 Å². The van der Waals surface area contributed by atoms with E-state index >= 15 is 0 Å². The molecule has 2 aromatic rings. The normalized spacial score (nSPS) is 12.4. The van der Waals surface area contributed by atoms with Crippen LogP contribution in [0.5, 0.6) is 5.75 Å². The number of benzene rings is 1. The molecule has 5 nitrogen and oxygen atoms in total. The predicted octanol–water partition coefficient (Wildman–Crippen LogP) is 1.84. The maximum absolute atomic E-state index is 10.6. The maximum atomic E-state index is 10.6. The molecule has 0 fully saturated rings. The molecule has 0 amide bonds. The number of aromatic nitrogens is 2. The molecule has 108 valence electrons. The number of hydrogen-bond acceptors (Lipinski definition) is 4. The molecule has 0 saturated heterocycles. The van der Waals surface area contributed by atoms with Crippen molar-refractivity contribution < 1.29 is 14.6 Å². The van der Waals surface area contributed by atoms with Gasteiger partial charge in [-0.15, -0.1) is 0 Å². The molecule has 1 aromatic carbocycles. The van der Waals surface area contributed by atoms with Crippen molar-refractivity contribution in [3.63, 3.8) is 0 Å². The van der Waals surface area contributed by atoms with E-state index < -0.39 is 6.10 Å². The molecule has 0 aliphatic carbocycles. The van der Waals surface area contributed by atoms with Gasteiger partial charge in [-0.2, -0.15) is 5.10 Å². The Morgan fingerprint density at radius 1 is 1.25 bits per heavy atom. The van der Waals surface area contributed by atoms with Gasteiger partial charge in [-0.3, -0.25) is 4.68 Å². The largest absolute Gasteiger partial charge is 0.491 e. The third-order valence-electron chi connectivity index (χ3n) is 3.10. The van der Waals surface area contributed by atoms with Crippen LogP contribution in [0.15, 0.2) is 30.5 Å².